The molecule has 1 aliphatic rings. The third-order valence-corrected chi connectivity index (χ3v) is 5.86. The molecule has 0 aliphatic carbocycles. The van der Waals surface area contributed by atoms with E-state index in [1.807, 2.05) is 36.9 Å². The number of alkyl halides is 3. The first-order valence-corrected chi connectivity index (χ1v) is 9.86. The first-order valence-electron chi connectivity index (χ1n) is 9.48. The molecule has 2 aromatic rings. The van der Waals surface area contributed by atoms with Crippen molar-refractivity contribution in [3.8, 4) is 0 Å². The number of carboxylic acids is 1. The van der Waals surface area contributed by atoms with Crippen LogP contribution in [0.5, 0.6) is 0 Å². The SMILES string of the molecule is Cc1ccc(C)c(C(c2cc(C(F)(F)F)ccc2Cl)N2CCCC(C(=O)O)C2)c1. The minimum absolute atomic E-state index is 0.237. The van der Waals surface area contributed by atoms with E-state index >= 15 is 0 Å². The van der Waals surface area contributed by atoms with Crippen molar-refractivity contribution in [2.45, 2.75) is 38.9 Å². The van der Waals surface area contributed by atoms with Crippen LogP contribution in [0.1, 0.15) is 46.7 Å². The Morgan fingerprint density at radius 2 is 1.90 bits per heavy atom. The summed E-state index contributed by atoms with van der Waals surface area (Å²) in [5, 5.41) is 9.72. The molecule has 1 fully saturated rings. The molecule has 2 atom stereocenters. The van der Waals surface area contributed by atoms with E-state index in [0.29, 0.717) is 24.9 Å². The number of halogens is 4. The summed E-state index contributed by atoms with van der Waals surface area (Å²) < 4.78 is 40.2. The van der Waals surface area contributed by atoms with E-state index in [-0.39, 0.29) is 11.6 Å². The molecule has 156 valence electrons. The van der Waals surface area contributed by atoms with E-state index in [0.717, 1.165) is 28.8 Å². The van der Waals surface area contributed by atoms with Gasteiger partial charge in [0.05, 0.1) is 17.5 Å². The average molecular weight is 426 g/mol. The van der Waals surface area contributed by atoms with E-state index in [2.05, 4.69) is 0 Å². The zero-order valence-electron chi connectivity index (χ0n) is 16.3. The van der Waals surface area contributed by atoms with Gasteiger partial charge in [0, 0.05) is 11.6 Å². The maximum atomic E-state index is 13.4. The second-order valence-electron chi connectivity index (χ2n) is 7.67. The van der Waals surface area contributed by atoms with Gasteiger partial charge in [0.25, 0.3) is 0 Å². The molecule has 3 nitrogen and oxygen atoms in total. The molecule has 3 rings (SSSR count). The summed E-state index contributed by atoms with van der Waals surface area (Å²) in [5.74, 6) is -1.44. The molecule has 7 heteroatoms. The second kappa shape index (κ2) is 8.36. The zero-order valence-corrected chi connectivity index (χ0v) is 17.0. The first kappa shape index (κ1) is 21.7. The number of aliphatic carboxylic acids is 1. The number of rotatable bonds is 4. The maximum absolute atomic E-state index is 13.4. The quantitative estimate of drug-likeness (QED) is 0.666. The van der Waals surface area contributed by atoms with E-state index in [9.17, 15) is 23.1 Å². The van der Waals surface area contributed by atoms with Crippen LogP contribution in [0.2, 0.25) is 5.02 Å². The van der Waals surface area contributed by atoms with Crippen molar-refractivity contribution in [1.29, 1.82) is 0 Å². The average Bonchev–Trinajstić information content (AvgIpc) is 2.65. The Labute approximate surface area is 173 Å². The van der Waals surface area contributed by atoms with Gasteiger partial charge in [-0.05, 0) is 68.1 Å². The number of carboxylic acid groups (broad SMARTS) is 1. The van der Waals surface area contributed by atoms with Gasteiger partial charge >= 0.3 is 12.1 Å². The third-order valence-electron chi connectivity index (χ3n) is 5.51. The van der Waals surface area contributed by atoms with Gasteiger partial charge in [-0.1, -0.05) is 35.4 Å². The van der Waals surface area contributed by atoms with Crippen LogP contribution >= 0.6 is 11.6 Å². The third kappa shape index (κ3) is 4.75. The lowest BCUT2D eigenvalue weighted by Crippen LogP contribution is -2.41. The number of carbonyl (C=O) groups is 1. The number of benzene rings is 2. The normalized spacial score (nSPS) is 19.2. The van der Waals surface area contributed by atoms with Gasteiger partial charge in [0.2, 0.25) is 0 Å². The van der Waals surface area contributed by atoms with E-state index < -0.39 is 29.7 Å². The maximum Gasteiger partial charge on any atom is 0.416 e. The smallest absolute Gasteiger partial charge is 0.416 e. The highest BCUT2D eigenvalue weighted by atomic mass is 35.5. The topological polar surface area (TPSA) is 40.5 Å². The molecular formula is C22H23ClF3NO2. The molecule has 0 amide bonds. The summed E-state index contributed by atoms with van der Waals surface area (Å²) in [6.07, 6.45) is -3.27. The molecular weight excluding hydrogens is 403 g/mol. The highest BCUT2D eigenvalue weighted by molar-refractivity contribution is 6.31. The number of aryl methyl sites for hydroxylation is 2. The standard InChI is InChI=1S/C22H23ClF3NO2/c1-13-5-6-14(2)17(10-13)20(27-9-3-4-15(12-27)21(28)29)18-11-16(22(24,25)26)7-8-19(18)23/h5-8,10-11,15,20H,3-4,9,12H2,1-2H3,(H,28,29). The molecule has 2 aromatic carbocycles. The van der Waals surface area contributed by atoms with Crippen LogP contribution in [0.25, 0.3) is 0 Å². The van der Waals surface area contributed by atoms with Crippen LogP contribution in [0.3, 0.4) is 0 Å². The van der Waals surface area contributed by atoms with E-state index in [4.69, 9.17) is 11.6 Å². The van der Waals surface area contributed by atoms with Gasteiger partial charge < -0.3 is 5.11 Å². The number of nitrogens with zero attached hydrogens (tertiary/aromatic N) is 1. The molecule has 29 heavy (non-hydrogen) atoms. The predicted molar refractivity (Wildman–Crippen MR) is 106 cm³/mol. The molecule has 0 saturated carbocycles. The largest absolute Gasteiger partial charge is 0.481 e. The summed E-state index contributed by atoms with van der Waals surface area (Å²) in [4.78, 5) is 13.5. The zero-order chi connectivity index (χ0) is 21.3. The molecule has 2 unspecified atom stereocenters. The highest BCUT2D eigenvalue weighted by Crippen LogP contribution is 2.40. The van der Waals surface area contributed by atoms with Gasteiger partial charge in [-0.2, -0.15) is 13.2 Å². The monoisotopic (exact) mass is 425 g/mol. The molecule has 0 radical (unpaired) electrons. The van der Waals surface area contributed by atoms with Crippen LogP contribution in [-0.2, 0) is 11.0 Å². The van der Waals surface area contributed by atoms with Gasteiger partial charge in [0.1, 0.15) is 0 Å². The molecule has 0 aromatic heterocycles. The minimum Gasteiger partial charge on any atom is -0.481 e. The lowest BCUT2D eigenvalue weighted by molar-refractivity contribution is -0.143. The van der Waals surface area contributed by atoms with Crippen LogP contribution in [0, 0.1) is 19.8 Å². The van der Waals surface area contributed by atoms with Crippen molar-refractivity contribution in [3.63, 3.8) is 0 Å². The fourth-order valence-electron chi connectivity index (χ4n) is 3.99. The summed E-state index contributed by atoms with van der Waals surface area (Å²) in [6.45, 7) is 4.68. The Morgan fingerprint density at radius 3 is 2.55 bits per heavy atom. The summed E-state index contributed by atoms with van der Waals surface area (Å²) in [7, 11) is 0. The van der Waals surface area contributed by atoms with Crippen molar-refractivity contribution in [2.75, 3.05) is 13.1 Å². The molecule has 1 N–H and O–H groups in total. The van der Waals surface area contributed by atoms with Crippen molar-refractivity contribution in [1.82, 2.24) is 4.90 Å². The van der Waals surface area contributed by atoms with Crippen molar-refractivity contribution in [3.05, 3.63) is 69.2 Å². The van der Waals surface area contributed by atoms with Crippen LogP contribution < -0.4 is 0 Å². The van der Waals surface area contributed by atoms with Gasteiger partial charge in [-0.25, -0.2) is 0 Å². The number of piperidine rings is 1. The number of hydrogen-bond acceptors (Lipinski definition) is 2. The Morgan fingerprint density at radius 1 is 1.17 bits per heavy atom. The van der Waals surface area contributed by atoms with Crippen LogP contribution in [0.15, 0.2) is 36.4 Å². The first-order chi connectivity index (χ1) is 13.6. The highest BCUT2D eigenvalue weighted by Gasteiger charge is 2.36. The number of likely N-dealkylation sites (tertiary alicyclic amines) is 1. The van der Waals surface area contributed by atoms with Crippen LogP contribution in [0.4, 0.5) is 13.2 Å². The van der Waals surface area contributed by atoms with Crippen molar-refractivity contribution in [2.24, 2.45) is 5.92 Å². The Hall–Kier alpha value is -2.05. The molecule has 1 heterocycles. The van der Waals surface area contributed by atoms with Crippen molar-refractivity contribution >= 4 is 17.6 Å². The summed E-state index contributed by atoms with van der Waals surface area (Å²) in [6, 6.07) is 8.61. The minimum atomic E-state index is -4.49. The number of hydrogen-bond donors (Lipinski definition) is 1. The summed E-state index contributed by atoms with van der Waals surface area (Å²) >= 11 is 6.39. The van der Waals surface area contributed by atoms with E-state index in [1.54, 1.807) is 0 Å². The lowest BCUT2D eigenvalue weighted by Gasteiger charge is -2.38. The van der Waals surface area contributed by atoms with Crippen molar-refractivity contribution < 1.29 is 23.1 Å². The van der Waals surface area contributed by atoms with Gasteiger partial charge in [-0.3, -0.25) is 9.69 Å². The van der Waals surface area contributed by atoms with Gasteiger partial charge in [0.15, 0.2) is 0 Å². The van der Waals surface area contributed by atoms with Gasteiger partial charge in [-0.15, -0.1) is 0 Å². The van der Waals surface area contributed by atoms with E-state index in [1.165, 1.54) is 6.07 Å². The fraction of sp³-hybridized carbons (Fsp3) is 0.409. The molecule has 0 bridgehead atoms. The molecule has 0 spiro atoms. The van der Waals surface area contributed by atoms with Crippen LogP contribution in [-0.4, -0.2) is 29.1 Å². The Kier molecular flexibility index (Phi) is 6.24. The molecule has 1 aliphatic heterocycles. The fourth-order valence-corrected chi connectivity index (χ4v) is 4.21. The second-order valence-corrected chi connectivity index (χ2v) is 8.08. The Balaban J connectivity index is 2.16. The lowest BCUT2D eigenvalue weighted by atomic mass is 9.88. The predicted octanol–water partition coefficient (Wildman–Crippen LogP) is 5.86. The Bertz CT molecular complexity index is 913. The summed E-state index contributed by atoms with van der Waals surface area (Å²) in [5.41, 5.74) is 2.33. The molecule has 1 saturated heterocycles.